The van der Waals surface area contributed by atoms with Gasteiger partial charge in [0.15, 0.2) is 0 Å². The molecule has 23 heavy (non-hydrogen) atoms. The highest BCUT2D eigenvalue weighted by molar-refractivity contribution is 6.13. The van der Waals surface area contributed by atoms with Crippen LogP contribution >= 0.6 is 0 Å². The van der Waals surface area contributed by atoms with Crippen LogP contribution in [-0.4, -0.2) is 35.0 Å². The number of nitrogens with zero attached hydrogens (tertiary/aromatic N) is 3. The van der Waals surface area contributed by atoms with Crippen LogP contribution in [0.15, 0.2) is 23.2 Å². The summed E-state index contributed by atoms with van der Waals surface area (Å²) in [5.74, 6) is 0.360. The van der Waals surface area contributed by atoms with Gasteiger partial charge >= 0.3 is 0 Å². The molecule has 0 atom stereocenters. The normalized spacial score (nSPS) is 19.2. The highest BCUT2D eigenvalue weighted by Crippen LogP contribution is 2.35. The second kappa shape index (κ2) is 5.91. The van der Waals surface area contributed by atoms with Crippen LogP contribution in [0.1, 0.15) is 44.1 Å². The molecular weight excluding hydrogens is 286 g/mol. The van der Waals surface area contributed by atoms with Crippen molar-refractivity contribution in [2.75, 3.05) is 24.5 Å². The molecule has 0 amide bonds. The molecule has 2 aliphatic heterocycles. The SMILES string of the molecule is Cn1c(O)c(C2=NCCCCC2)c2cc(N3CCCC3)ccc21. The summed E-state index contributed by atoms with van der Waals surface area (Å²) < 4.78 is 1.89. The first-order valence-electron chi connectivity index (χ1n) is 8.86. The third kappa shape index (κ3) is 2.50. The summed E-state index contributed by atoms with van der Waals surface area (Å²) >= 11 is 0. The molecule has 1 aromatic carbocycles. The van der Waals surface area contributed by atoms with E-state index in [0.29, 0.717) is 5.88 Å². The molecule has 0 unspecified atom stereocenters. The number of aromatic hydroxyl groups is 1. The predicted octanol–water partition coefficient (Wildman–Crippen LogP) is 3.85. The molecule has 1 saturated heterocycles. The lowest BCUT2D eigenvalue weighted by Gasteiger charge is -2.17. The first-order chi connectivity index (χ1) is 11.3. The zero-order valence-electron chi connectivity index (χ0n) is 13.9. The fourth-order valence-electron chi connectivity index (χ4n) is 3.95. The van der Waals surface area contributed by atoms with E-state index in [1.165, 1.54) is 31.4 Å². The summed E-state index contributed by atoms with van der Waals surface area (Å²) in [5, 5.41) is 11.8. The fourth-order valence-corrected chi connectivity index (χ4v) is 3.95. The van der Waals surface area contributed by atoms with Crippen molar-refractivity contribution in [2.24, 2.45) is 12.0 Å². The Hall–Kier alpha value is -1.97. The average Bonchev–Trinajstić information content (AvgIpc) is 3.08. The van der Waals surface area contributed by atoms with Crippen molar-refractivity contribution in [3.63, 3.8) is 0 Å². The van der Waals surface area contributed by atoms with E-state index in [-0.39, 0.29) is 0 Å². The quantitative estimate of drug-likeness (QED) is 0.915. The van der Waals surface area contributed by atoms with Gasteiger partial charge in [-0.15, -0.1) is 0 Å². The minimum Gasteiger partial charge on any atom is -0.494 e. The Balaban J connectivity index is 1.85. The zero-order valence-corrected chi connectivity index (χ0v) is 13.9. The standard InChI is InChI=1S/C19H25N3O/c1-21-17-9-8-14(22-11-5-6-12-22)13-15(17)18(19(21)23)16-7-3-2-4-10-20-16/h8-9,13,23H,2-7,10-12H2,1H3. The summed E-state index contributed by atoms with van der Waals surface area (Å²) in [6.45, 7) is 3.16. The second-order valence-corrected chi connectivity index (χ2v) is 6.79. The van der Waals surface area contributed by atoms with E-state index < -0.39 is 0 Å². The molecule has 122 valence electrons. The molecule has 3 heterocycles. The maximum Gasteiger partial charge on any atom is 0.201 e. The van der Waals surface area contributed by atoms with E-state index in [1.54, 1.807) is 0 Å². The lowest BCUT2D eigenvalue weighted by atomic mass is 10.0. The van der Waals surface area contributed by atoms with Crippen LogP contribution in [-0.2, 0) is 7.05 Å². The largest absolute Gasteiger partial charge is 0.494 e. The van der Waals surface area contributed by atoms with Crippen LogP contribution in [0.25, 0.3) is 10.9 Å². The number of fused-ring (bicyclic) bond motifs is 1. The molecule has 4 nitrogen and oxygen atoms in total. The Bertz CT molecular complexity index is 754. The molecule has 2 aromatic rings. The third-order valence-corrected chi connectivity index (χ3v) is 5.29. The number of benzene rings is 1. The van der Waals surface area contributed by atoms with E-state index in [2.05, 4.69) is 23.1 Å². The minimum absolute atomic E-state index is 0.360. The summed E-state index contributed by atoms with van der Waals surface area (Å²) in [6.07, 6.45) is 7.09. The van der Waals surface area contributed by atoms with Crippen LogP contribution in [0.3, 0.4) is 0 Å². The Morgan fingerprint density at radius 3 is 2.70 bits per heavy atom. The molecule has 2 aliphatic rings. The summed E-state index contributed by atoms with van der Waals surface area (Å²) in [5.41, 5.74) is 4.41. The fraction of sp³-hybridized carbons (Fsp3) is 0.526. The Labute approximate surface area is 137 Å². The number of rotatable bonds is 2. The van der Waals surface area contributed by atoms with Gasteiger partial charge < -0.3 is 14.6 Å². The molecule has 0 spiro atoms. The molecule has 0 saturated carbocycles. The second-order valence-electron chi connectivity index (χ2n) is 6.79. The van der Waals surface area contributed by atoms with Crippen molar-refractivity contribution in [1.29, 1.82) is 0 Å². The number of hydrogen-bond donors (Lipinski definition) is 1. The molecule has 0 aliphatic carbocycles. The first-order valence-corrected chi connectivity index (χ1v) is 8.86. The van der Waals surface area contributed by atoms with Gasteiger partial charge in [-0.1, -0.05) is 6.42 Å². The molecule has 1 aromatic heterocycles. The minimum atomic E-state index is 0.360. The van der Waals surface area contributed by atoms with Crippen LogP contribution in [0.2, 0.25) is 0 Å². The zero-order chi connectivity index (χ0) is 15.8. The van der Waals surface area contributed by atoms with E-state index in [1.807, 2.05) is 11.6 Å². The number of anilines is 1. The molecule has 4 rings (SSSR count). The molecule has 0 radical (unpaired) electrons. The maximum absolute atomic E-state index is 10.7. The first kappa shape index (κ1) is 14.6. The van der Waals surface area contributed by atoms with Crippen molar-refractivity contribution in [2.45, 2.75) is 38.5 Å². The number of aliphatic imine (C=N–C) groups is 1. The van der Waals surface area contributed by atoms with Crippen LogP contribution in [0.4, 0.5) is 5.69 Å². The average molecular weight is 311 g/mol. The lowest BCUT2D eigenvalue weighted by Crippen LogP contribution is -2.17. The van der Waals surface area contributed by atoms with Crippen LogP contribution in [0.5, 0.6) is 5.88 Å². The van der Waals surface area contributed by atoms with Gasteiger partial charge in [-0.25, -0.2) is 0 Å². The van der Waals surface area contributed by atoms with Gasteiger partial charge in [0.05, 0.1) is 11.1 Å². The van der Waals surface area contributed by atoms with Crippen molar-refractivity contribution in [1.82, 2.24) is 4.57 Å². The Kier molecular flexibility index (Phi) is 3.76. The monoisotopic (exact) mass is 311 g/mol. The van der Waals surface area contributed by atoms with Gasteiger partial charge in [0.2, 0.25) is 5.88 Å². The predicted molar refractivity (Wildman–Crippen MR) is 95.9 cm³/mol. The van der Waals surface area contributed by atoms with Gasteiger partial charge in [0.1, 0.15) is 0 Å². The van der Waals surface area contributed by atoms with Gasteiger partial charge in [-0.05, 0) is 50.3 Å². The van der Waals surface area contributed by atoms with Crippen LogP contribution in [0, 0.1) is 0 Å². The number of aromatic nitrogens is 1. The van der Waals surface area contributed by atoms with Crippen molar-refractivity contribution >= 4 is 22.3 Å². The van der Waals surface area contributed by atoms with Gasteiger partial charge in [0.25, 0.3) is 0 Å². The topological polar surface area (TPSA) is 40.8 Å². The number of hydrogen-bond acceptors (Lipinski definition) is 3. The molecule has 0 bridgehead atoms. The number of aryl methyl sites for hydroxylation is 1. The van der Waals surface area contributed by atoms with Crippen molar-refractivity contribution in [3.8, 4) is 5.88 Å². The molecular formula is C19H25N3O. The Morgan fingerprint density at radius 1 is 1.04 bits per heavy atom. The molecule has 1 fully saturated rings. The highest BCUT2D eigenvalue weighted by Gasteiger charge is 2.21. The van der Waals surface area contributed by atoms with Crippen molar-refractivity contribution < 1.29 is 5.11 Å². The summed E-state index contributed by atoms with van der Waals surface area (Å²) in [7, 11) is 1.94. The third-order valence-electron chi connectivity index (χ3n) is 5.29. The highest BCUT2D eigenvalue weighted by atomic mass is 16.3. The molecule has 4 heteroatoms. The Morgan fingerprint density at radius 2 is 1.87 bits per heavy atom. The molecule has 1 N–H and O–H groups in total. The van der Waals surface area contributed by atoms with E-state index in [4.69, 9.17) is 4.99 Å². The smallest absolute Gasteiger partial charge is 0.201 e. The van der Waals surface area contributed by atoms with Gasteiger partial charge in [-0.2, -0.15) is 0 Å². The van der Waals surface area contributed by atoms with Crippen molar-refractivity contribution in [3.05, 3.63) is 23.8 Å². The van der Waals surface area contributed by atoms with Gasteiger partial charge in [0, 0.05) is 43.5 Å². The summed E-state index contributed by atoms with van der Waals surface area (Å²) in [6, 6.07) is 6.58. The summed E-state index contributed by atoms with van der Waals surface area (Å²) in [4.78, 5) is 7.22. The van der Waals surface area contributed by atoms with Gasteiger partial charge in [-0.3, -0.25) is 4.99 Å². The maximum atomic E-state index is 10.7. The van der Waals surface area contributed by atoms with E-state index in [9.17, 15) is 5.11 Å². The van der Waals surface area contributed by atoms with E-state index >= 15 is 0 Å². The van der Waals surface area contributed by atoms with Crippen LogP contribution < -0.4 is 4.90 Å². The van der Waals surface area contributed by atoms with E-state index in [0.717, 1.165) is 54.7 Å². The lowest BCUT2D eigenvalue weighted by molar-refractivity contribution is 0.434.